The minimum atomic E-state index is -0.159. The molecule has 2 N–H and O–H groups in total. The molecule has 0 bridgehead atoms. The van der Waals surface area contributed by atoms with Crippen LogP contribution in [-0.2, 0) is 6.54 Å². The Morgan fingerprint density at radius 3 is 2.94 bits per heavy atom. The summed E-state index contributed by atoms with van der Waals surface area (Å²) in [6.45, 7) is 4.95. The minimum Gasteiger partial charge on any atom is -0.469 e. The fraction of sp³-hybridized carbons (Fsp3) is 0.417. The third kappa shape index (κ3) is 1.88. The average molecular weight is 219 g/mol. The number of nitrogens with zero attached hydrogens (tertiary/aromatic N) is 2. The van der Waals surface area contributed by atoms with E-state index in [1.807, 2.05) is 23.7 Å². The van der Waals surface area contributed by atoms with Crippen LogP contribution >= 0.6 is 0 Å². The predicted octanol–water partition coefficient (Wildman–Crippen LogP) is 2.24. The molecule has 1 unspecified atom stereocenters. The Hall–Kier alpha value is -1.55. The van der Waals surface area contributed by atoms with E-state index >= 15 is 0 Å². The molecule has 1 atom stereocenters. The molecule has 4 heteroatoms. The van der Waals surface area contributed by atoms with Crippen LogP contribution in [0.3, 0.4) is 0 Å². The zero-order valence-electron chi connectivity index (χ0n) is 9.68. The molecule has 16 heavy (non-hydrogen) atoms. The number of furan rings is 1. The van der Waals surface area contributed by atoms with Gasteiger partial charge in [-0.15, -0.1) is 0 Å². The van der Waals surface area contributed by atoms with E-state index < -0.39 is 0 Å². The monoisotopic (exact) mass is 219 g/mol. The first kappa shape index (κ1) is 11.0. The standard InChI is InChI=1S/C12H17N3O/c1-3-7-15-11(4-6-14-15)12(13)10-5-8-16-9(10)2/h4-6,8,12H,3,7,13H2,1-2H3. The SMILES string of the molecule is CCCn1nccc1C(N)c1ccoc1C. The van der Waals surface area contributed by atoms with Gasteiger partial charge >= 0.3 is 0 Å². The van der Waals surface area contributed by atoms with Crippen molar-refractivity contribution in [1.29, 1.82) is 0 Å². The summed E-state index contributed by atoms with van der Waals surface area (Å²) in [5.74, 6) is 0.872. The first-order valence-corrected chi connectivity index (χ1v) is 5.55. The number of rotatable bonds is 4. The molecule has 2 heterocycles. The first-order valence-electron chi connectivity index (χ1n) is 5.55. The van der Waals surface area contributed by atoms with Crippen LogP contribution in [0, 0.1) is 6.92 Å². The van der Waals surface area contributed by atoms with E-state index in [2.05, 4.69) is 12.0 Å². The van der Waals surface area contributed by atoms with Crippen LogP contribution in [-0.4, -0.2) is 9.78 Å². The summed E-state index contributed by atoms with van der Waals surface area (Å²) in [5.41, 5.74) is 8.28. The van der Waals surface area contributed by atoms with Gasteiger partial charge in [-0.3, -0.25) is 4.68 Å². The fourth-order valence-corrected chi connectivity index (χ4v) is 1.88. The van der Waals surface area contributed by atoms with Crippen LogP contribution in [0.1, 0.15) is 36.4 Å². The lowest BCUT2D eigenvalue weighted by molar-refractivity contribution is 0.521. The minimum absolute atomic E-state index is 0.159. The molecular weight excluding hydrogens is 202 g/mol. The maximum atomic E-state index is 6.22. The van der Waals surface area contributed by atoms with Crippen molar-refractivity contribution in [2.45, 2.75) is 32.9 Å². The van der Waals surface area contributed by atoms with Crippen molar-refractivity contribution in [3.63, 3.8) is 0 Å². The van der Waals surface area contributed by atoms with E-state index in [0.29, 0.717) is 0 Å². The van der Waals surface area contributed by atoms with Gasteiger partial charge in [-0.1, -0.05) is 6.92 Å². The van der Waals surface area contributed by atoms with E-state index in [-0.39, 0.29) is 6.04 Å². The van der Waals surface area contributed by atoms with Crippen molar-refractivity contribution in [3.05, 3.63) is 41.6 Å². The molecule has 0 fully saturated rings. The summed E-state index contributed by atoms with van der Waals surface area (Å²) in [6.07, 6.45) is 4.51. The predicted molar refractivity (Wildman–Crippen MR) is 62.0 cm³/mol. The maximum absolute atomic E-state index is 6.22. The van der Waals surface area contributed by atoms with Gasteiger partial charge in [-0.25, -0.2) is 0 Å². The Morgan fingerprint density at radius 1 is 1.50 bits per heavy atom. The largest absolute Gasteiger partial charge is 0.469 e. The van der Waals surface area contributed by atoms with Crippen molar-refractivity contribution in [1.82, 2.24) is 9.78 Å². The highest BCUT2D eigenvalue weighted by Crippen LogP contribution is 2.23. The lowest BCUT2D eigenvalue weighted by Crippen LogP contribution is -2.17. The molecule has 0 radical (unpaired) electrons. The molecule has 2 rings (SSSR count). The van der Waals surface area contributed by atoms with Gasteiger partial charge in [0.25, 0.3) is 0 Å². The number of hydrogen-bond acceptors (Lipinski definition) is 3. The second-order valence-electron chi connectivity index (χ2n) is 3.89. The van der Waals surface area contributed by atoms with Crippen molar-refractivity contribution < 1.29 is 4.42 Å². The number of hydrogen-bond donors (Lipinski definition) is 1. The smallest absolute Gasteiger partial charge is 0.105 e. The molecule has 4 nitrogen and oxygen atoms in total. The molecule has 0 aromatic carbocycles. The zero-order chi connectivity index (χ0) is 11.5. The van der Waals surface area contributed by atoms with Crippen LogP contribution in [0.4, 0.5) is 0 Å². The number of nitrogens with two attached hydrogens (primary N) is 1. The van der Waals surface area contributed by atoms with Crippen LogP contribution < -0.4 is 5.73 Å². The van der Waals surface area contributed by atoms with Gasteiger partial charge in [0.15, 0.2) is 0 Å². The number of aromatic nitrogens is 2. The van der Waals surface area contributed by atoms with Gasteiger partial charge in [0.1, 0.15) is 5.76 Å². The Morgan fingerprint density at radius 2 is 2.31 bits per heavy atom. The van der Waals surface area contributed by atoms with Crippen molar-refractivity contribution >= 4 is 0 Å². The van der Waals surface area contributed by atoms with Crippen LogP contribution in [0.25, 0.3) is 0 Å². The topological polar surface area (TPSA) is 57.0 Å². The lowest BCUT2D eigenvalue weighted by Gasteiger charge is -2.13. The molecule has 0 amide bonds. The van der Waals surface area contributed by atoms with Crippen molar-refractivity contribution in [3.8, 4) is 0 Å². The Bertz CT molecular complexity index is 458. The van der Waals surface area contributed by atoms with E-state index in [4.69, 9.17) is 10.2 Å². The van der Waals surface area contributed by atoms with Gasteiger partial charge < -0.3 is 10.2 Å². The van der Waals surface area contributed by atoms with Crippen LogP contribution in [0.5, 0.6) is 0 Å². The van der Waals surface area contributed by atoms with E-state index in [9.17, 15) is 0 Å². The second-order valence-corrected chi connectivity index (χ2v) is 3.89. The average Bonchev–Trinajstić information content (AvgIpc) is 2.87. The summed E-state index contributed by atoms with van der Waals surface area (Å²) in [4.78, 5) is 0. The van der Waals surface area contributed by atoms with Gasteiger partial charge in [-0.05, 0) is 25.5 Å². The summed E-state index contributed by atoms with van der Waals surface area (Å²) in [5, 5.41) is 4.27. The Balaban J connectivity index is 2.30. The fourth-order valence-electron chi connectivity index (χ4n) is 1.88. The third-order valence-electron chi connectivity index (χ3n) is 2.74. The van der Waals surface area contributed by atoms with E-state index in [1.165, 1.54) is 0 Å². The summed E-state index contributed by atoms with van der Waals surface area (Å²) >= 11 is 0. The molecule has 0 spiro atoms. The highest BCUT2D eigenvalue weighted by molar-refractivity contribution is 5.28. The Labute approximate surface area is 95.1 Å². The quantitative estimate of drug-likeness (QED) is 0.858. The van der Waals surface area contributed by atoms with Crippen molar-refractivity contribution in [2.75, 3.05) is 0 Å². The van der Waals surface area contributed by atoms with E-state index in [1.54, 1.807) is 12.5 Å². The highest BCUT2D eigenvalue weighted by Gasteiger charge is 2.17. The normalized spacial score (nSPS) is 12.9. The van der Waals surface area contributed by atoms with Crippen molar-refractivity contribution in [2.24, 2.45) is 5.73 Å². The molecule has 2 aromatic heterocycles. The lowest BCUT2D eigenvalue weighted by atomic mass is 10.1. The molecule has 0 aliphatic carbocycles. The second kappa shape index (κ2) is 4.53. The molecule has 0 saturated heterocycles. The maximum Gasteiger partial charge on any atom is 0.105 e. The van der Waals surface area contributed by atoms with E-state index in [0.717, 1.165) is 30.0 Å². The Kier molecular flexibility index (Phi) is 3.10. The molecule has 0 aliphatic rings. The number of aryl methyl sites for hydroxylation is 2. The van der Waals surface area contributed by atoms with Gasteiger partial charge in [-0.2, -0.15) is 5.10 Å². The highest BCUT2D eigenvalue weighted by atomic mass is 16.3. The van der Waals surface area contributed by atoms with Gasteiger partial charge in [0.05, 0.1) is 18.0 Å². The third-order valence-corrected chi connectivity index (χ3v) is 2.74. The zero-order valence-corrected chi connectivity index (χ0v) is 9.68. The molecule has 0 aliphatic heterocycles. The molecule has 86 valence electrons. The summed E-state index contributed by atoms with van der Waals surface area (Å²) in [6, 6.07) is 3.73. The summed E-state index contributed by atoms with van der Waals surface area (Å²) in [7, 11) is 0. The van der Waals surface area contributed by atoms with Gasteiger partial charge in [0.2, 0.25) is 0 Å². The molecule has 2 aromatic rings. The van der Waals surface area contributed by atoms with Crippen LogP contribution in [0.15, 0.2) is 29.0 Å². The molecule has 0 saturated carbocycles. The molecular formula is C12H17N3O. The summed E-state index contributed by atoms with van der Waals surface area (Å²) < 4.78 is 7.23. The van der Waals surface area contributed by atoms with Gasteiger partial charge in [0, 0.05) is 18.3 Å². The van der Waals surface area contributed by atoms with Crippen LogP contribution in [0.2, 0.25) is 0 Å². The first-order chi connectivity index (χ1) is 7.74.